The normalized spacial score (nSPS) is 13.1. The van der Waals surface area contributed by atoms with Crippen molar-refractivity contribution >= 4 is 5.97 Å². The maximum absolute atomic E-state index is 10.3. The SMILES string of the molecule is CCN[C@H](CC)C(=O)O. The first-order chi connectivity index (χ1) is 4.22. The molecule has 0 aromatic carbocycles. The van der Waals surface area contributed by atoms with Crippen LogP contribution in [-0.2, 0) is 4.79 Å². The largest absolute Gasteiger partial charge is 0.480 e. The third-order valence-electron chi connectivity index (χ3n) is 1.16. The highest BCUT2D eigenvalue weighted by molar-refractivity contribution is 5.73. The van der Waals surface area contributed by atoms with Crippen molar-refractivity contribution in [1.29, 1.82) is 0 Å². The Bertz CT molecular complexity index is 93.1. The minimum atomic E-state index is -0.764. The van der Waals surface area contributed by atoms with Crippen molar-refractivity contribution < 1.29 is 9.90 Å². The second kappa shape index (κ2) is 4.32. The van der Waals surface area contributed by atoms with Crippen LogP contribution in [0.1, 0.15) is 20.3 Å². The average molecular weight is 131 g/mol. The third kappa shape index (κ3) is 3.08. The Hall–Kier alpha value is -0.570. The van der Waals surface area contributed by atoms with E-state index in [1.54, 1.807) is 0 Å². The van der Waals surface area contributed by atoms with E-state index < -0.39 is 5.97 Å². The maximum atomic E-state index is 10.3. The summed E-state index contributed by atoms with van der Waals surface area (Å²) in [5.41, 5.74) is 0. The zero-order valence-corrected chi connectivity index (χ0v) is 5.85. The lowest BCUT2D eigenvalue weighted by Crippen LogP contribution is -2.35. The van der Waals surface area contributed by atoms with Crippen molar-refractivity contribution in [2.45, 2.75) is 26.3 Å². The summed E-state index contributed by atoms with van der Waals surface area (Å²) in [7, 11) is 0. The first-order valence-electron chi connectivity index (χ1n) is 3.18. The minimum absolute atomic E-state index is 0.366. The second-order valence-corrected chi connectivity index (χ2v) is 1.86. The summed E-state index contributed by atoms with van der Waals surface area (Å²) in [4.78, 5) is 10.3. The fourth-order valence-electron chi connectivity index (χ4n) is 0.653. The van der Waals surface area contributed by atoms with Gasteiger partial charge in [0.2, 0.25) is 0 Å². The highest BCUT2D eigenvalue weighted by Gasteiger charge is 2.11. The Morgan fingerprint density at radius 1 is 1.67 bits per heavy atom. The van der Waals surface area contributed by atoms with E-state index in [9.17, 15) is 4.79 Å². The molecule has 0 aliphatic carbocycles. The number of rotatable bonds is 4. The van der Waals surface area contributed by atoms with Crippen molar-refractivity contribution in [3.05, 3.63) is 0 Å². The van der Waals surface area contributed by atoms with E-state index >= 15 is 0 Å². The van der Waals surface area contributed by atoms with E-state index in [0.29, 0.717) is 13.0 Å². The van der Waals surface area contributed by atoms with Crippen LogP contribution in [0.2, 0.25) is 0 Å². The van der Waals surface area contributed by atoms with Crippen LogP contribution in [0, 0.1) is 0 Å². The molecule has 0 aromatic heterocycles. The summed E-state index contributed by atoms with van der Waals surface area (Å²) in [5.74, 6) is -0.764. The lowest BCUT2D eigenvalue weighted by Gasteiger charge is -2.08. The number of hydrogen-bond donors (Lipinski definition) is 2. The van der Waals surface area contributed by atoms with Crippen LogP contribution in [0.4, 0.5) is 0 Å². The van der Waals surface area contributed by atoms with Crippen LogP contribution < -0.4 is 5.32 Å². The number of aliphatic carboxylic acids is 1. The van der Waals surface area contributed by atoms with E-state index in [0.717, 1.165) is 0 Å². The van der Waals surface area contributed by atoms with Crippen LogP contribution in [0.3, 0.4) is 0 Å². The molecule has 0 spiro atoms. The molecule has 0 aliphatic heterocycles. The molecule has 0 fully saturated rings. The van der Waals surface area contributed by atoms with Gasteiger partial charge in [0.05, 0.1) is 0 Å². The molecule has 0 radical (unpaired) electrons. The number of hydrogen-bond acceptors (Lipinski definition) is 2. The van der Waals surface area contributed by atoms with Crippen LogP contribution in [0.5, 0.6) is 0 Å². The Labute approximate surface area is 55.1 Å². The molecule has 3 heteroatoms. The molecule has 3 nitrogen and oxygen atoms in total. The summed E-state index contributed by atoms with van der Waals surface area (Å²) < 4.78 is 0. The molecule has 0 unspecified atom stereocenters. The summed E-state index contributed by atoms with van der Waals surface area (Å²) in [6, 6.07) is -0.366. The van der Waals surface area contributed by atoms with Crippen LogP contribution in [-0.4, -0.2) is 23.7 Å². The monoisotopic (exact) mass is 131 g/mol. The topological polar surface area (TPSA) is 49.3 Å². The Morgan fingerprint density at radius 3 is 2.33 bits per heavy atom. The van der Waals surface area contributed by atoms with Gasteiger partial charge in [0.25, 0.3) is 0 Å². The van der Waals surface area contributed by atoms with Gasteiger partial charge in [-0.25, -0.2) is 0 Å². The van der Waals surface area contributed by atoms with E-state index in [-0.39, 0.29) is 6.04 Å². The van der Waals surface area contributed by atoms with Crippen LogP contribution in [0.25, 0.3) is 0 Å². The molecular weight excluding hydrogens is 118 g/mol. The Morgan fingerprint density at radius 2 is 2.22 bits per heavy atom. The molecule has 0 heterocycles. The van der Waals surface area contributed by atoms with Crippen molar-refractivity contribution in [3.63, 3.8) is 0 Å². The molecule has 9 heavy (non-hydrogen) atoms. The molecule has 0 aromatic rings. The zero-order valence-electron chi connectivity index (χ0n) is 5.85. The highest BCUT2D eigenvalue weighted by atomic mass is 16.4. The zero-order chi connectivity index (χ0) is 7.28. The van der Waals surface area contributed by atoms with Gasteiger partial charge < -0.3 is 10.4 Å². The quantitative estimate of drug-likeness (QED) is 0.582. The van der Waals surface area contributed by atoms with Gasteiger partial charge in [0.15, 0.2) is 0 Å². The molecule has 54 valence electrons. The predicted octanol–water partition coefficient (Wildman–Crippen LogP) is 0.459. The second-order valence-electron chi connectivity index (χ2n) is 1.86. The molecule has 0 rings (SSSR count). The summed E-state index contributed by atoms with van der Waals surface area (Å²) in [6.45, 7) is 4.46. The lowest BCUT2D eigenvalue weighted by molar-refractivity contribution is -0.139. The number of likely N-dealkylation sites (N-methyl/N-ethyl adjacent to an activating group) is 1. The van der Waals surface area contributed by atoms with Gasteiger partial charge in [-0.3, -0.25) is 4.79 Å². The summed E-state index contributed by atoms with van der Waals surface area (Å²) in [6.07, 6.45) is 0.642. The first kappa shape index (κ1) is 8.43. The maximum Gasteiger partial charge on any atom is 0.320 e. The van der Waals surface area contributed by atoms with E-state index in [4.69, 9.17) is 5.11 Å². The first-order valence-corrected chi connectivity index (χ1v) is 3.18. The van der Waals surface area contributed by atoms with Gasteiger partial charge in [-0.2, -0.15) is 0 Å². The average Bonchev–Trinajstić information content (AvgIpc) is 1.82. The predicted molar refractivity (Wildman–Crippen MR) is 35.4 cm³/mol. The van der Waals surface area contributed by atoms with Gasteiger partial charge in [-0.1, -0.05) is 13.8 Å². The highest BCUT2D eigenvalue weighted by Crippen LogP contribution is 1.88. The van der Waals surface area contributed by atoms with Crippen molar-refractivity contribution in [3.8, 4) is 0 Å². The van der Waals surface area contributed by atoms with Gasteiger partial charge in [0.1, 0.15) is 6.04 Å². The van der Waals surface area contributed by atoms with Crippen LogP contribution >= 0.6 is 0 Å². The summed E-state index contributed by atoms with van der Waals surface area (Å²) in [5, 5.41) is 11.3. The minimum Gasteiger partial charge on any atom is -0.480 e. The molecule has 0 bridgehead atoms. The molecule has 0 saturated carbocycles. The van der Waals surface area contributed by atoms with Gasteiger partial charge in [0, 0.05) is 0 Å². The van der Waals surface area contributed by atoms with E-state index in [1.807, 2.05) is 13.8 Å². The number of carboxylic acid groups (broad SMARTS) is 1. The van der Waals surface area contributed by atoms with E-state index in [2.05, 4.69) is 5.32 Å². The fraction of sp³-hybridized carbons (Fsp3) is 0.833. The molecule has 0 aliphatic rings. The van der Waals surface area contributed by atoms with Crippen molar-refractivity contribution in [2.24, 2.45) is 0 Å². The number of carbonyl (C=O) groups is 1. The summed E-state index contributed by atoms with van der Waals surface area (Å²) >= 11 is 0. The molecular formula is C6H13NO2. The van der Waals surface area contributed by atoms with Crippen molar-refractivity contribution in [1.82, 2.24) is 5.32 Å². The van der Waals surface area contributed by atoms with E-state index in [1.165, 1.54) is 0 Å². The Balaban J connectivity index is 3.54. The number of carboxylic acids is 1. The number of nitrogens with one attached hydrogen (secondary N) is 1. The fourth-order valence-corrected chi connectivity index (χ4v) is 0.653. The third-order valence-corrected chi connectivity index (χ3v) is 1.16. The molecule has 0 saturated heterocycles. The van der Waals surface area contributed by atoms with Crippen molar-refractivity contribution in [2.75, 3.05) is 6.54 Å². The van der Waals surface area contributed by atoms with Gasteiger partial charge in [-0.15, -0.1) is 0 Å². The standard InChI is InChI=1S/C6H13NO2/c1-3-5(6(8)9)7-4-2/h5,7H,3-4H2,1-2H3,(H,8,9)/t5-/m1/s1. The van der Waals surface area contributed by atoms with Gasteiger partial charge >= 0.3 is 5.97 Å². The lowest BCUT2D eigenvalue weighted by atomic mass is 10.2. The Kier molecular flexibility index (Phi) is 4.05. The molecule has 1 atom stereocenters. The molecule has 0 amide bonds. The van der Waals surface area contributed by atoms with Gasteiger partial charge in [-0.05, 0) is 13.0 Å². The van der Waals surface area contributed by atoms with Crippen LogP contribution in [0.15, 0.2) is 0 Å². The molecule has 2 N–H and O–H groups in total. The smallest absolute Gasteiger partial charge is 0.320 e.